The summed E-state index contributed by atoms with van der Waals surface area (Å²) in [7, 11) is 0. The summed E-state index contributed by atoms with van der Waals surface area (Å²) in [4.78, 5) is 0. The van der Waals surface area contributed by atoms with E-state index in [9.17, 15) is 0 Å². The average molecular weight is 228 g/mol. The van der Waals surface area contributed by atoms with Crippen LogP contribution in [0.1, 0.15) is 23.7 Å². The monoisotopic (exact) mass is 228 g/mol. The van der Waals surface area contributed by atoms with Crippen LogP contribution in [0, 0.1) is 13.8 Å². The van der Waals surface area contributed by atoms with Crippen molar-refractivity contribution >= 4 is 0 Å². The van der Waals surface area contributed by atoms with E-state index >= 15 is 0 Å². The van der Waals surface area contributed by atoms with Crippen molar-refractivity contribution in [2.75, 3.05) is 6.54 Å². The van der Waals surface area contributed by atoms with Crippen molar-refractivity contribution in [3.05, 3.63) is 53.3 Å². The van der Waals surface area contributed by atoms with E-state index in [2.05, 4.69) is 67.2 Å². The second-order valence-corrected chi connectivity index (χ2v) is 4.44. The van der Waals surface area contributed by atoms with Crippen molar-refractivity contribution in [3.8, 4) is 5.69 Å². The normalized spacial score (nSPS) is 10.8. The summed E-state index contributed by atoms with van der Waals surface area (Å²) < 4.78 is 2.27. The van der Waals surface area contributed by atoms with Crippen LogP contribution in [0.25, 0.3) is 5.69 Å². The first-order chi connectivity index (χ1) is 8.22. The zero-order valence-electron chi connectivity index (χ0n) is 10.8. The Kier molecular flexibility index (Phi) is 3.64. The van der Waals surface area contributed by atoms with E-state index in [-0.39, 0.29) is 0 Å². The SMILES string of the molecule is CCNCc1cccn1-c1cc(C)ccc1C. The van der Waals surface area contributed by atoms with Gasteiger partial charge in [-0.1, -0.05) is 19.1 Å². The van der Waals surface area contributed by atoms with E-state index in [0.717, 1.165) is 13.1 Å². The summed E-state index contributed by atoms with van der Waals surface area (Å²) in [5.74, 6) is 0. The number of aromatic nitrogens is 1. The highest BCUT2D eigenvalue weighted by Crippen LogP contribution is 2.18. The minimum absolute atomic E-state index is 0.914. The zero-order chi connectivity index (χ0) is 12.3. The molecule has 2 nitrogen and oxygen atoms in total. The maximum absolute atomic E-state index is 3.37. The number of hydrogen-bond donors (Lipinski definition) is 1. The van der Waals surface area contributed by atoms with Gasteiger partial charge in [0, 0.05) is 24.1 Å². The van der Waals surface area contributed by atoms with Crippen molar-refractivity contribution in [1.82, 2.24) is 9.88 Å². The van der Waals surface area contributed by atoms with Crippen molar-refractivity contribution in [2.24, 2.45) is 0 Å². The Morgan fingerprint density at radius 3 is 2.76 bits per heavy atom. The third-order valence-electron chi connectivity index (χ3n) is 3.01. The molecule has 0 unspecified atom stereocenters. The molecule has 1 N–H and O–H groups in total. The lowest BCUT2D eigenvalue weighted by Crippen LogP contribution is -2.14. The molecule has 17 heavy (non-hydrogen) atoms. The molecule has 0 atom stereocenters. The molecule has 2 rings (SSSR count). The van der Waals surface area contributed by atoms with Gasteiger partial charge in [0.05, 0.1) is 0 Å². The smallest absolute Gasteiger partial charge is 0.0484 e. The molecule has 0 aliphatic carbocycles. The Hall–Kier alpha value is -1.54. The van der Waals surface area contributed by atoms with Crippen LogP contribution in [0.4, 0.5) is 0 Å². The van der Waals surface area contributed by atoms with Crippen LogP contribution in [0.15, 0.2) is 36.5 Å². The third kappa shape index (κ3) is 2.59. The summed E-state index contributed by atoms with van der Waals surface area (Å²) >= 11 is 0. The molecule has 0 saturated heterocycles. The van der Waals surface area contributed by atoms with Gasteiger partial charge >= 0.3 is 0 Å². The Morgan fingerprint density at radius 2 is 2.00 bits per heavy atom. The molecular formula is C15H20N2. The van der Waals surface area contributed by atoms with E-state index < -0.39 is 0 Å². The van der Waals surface area contributed by atoms with E-state index in [1.807, 2.05) is 0 Å². The number of rotatable bonds is 4. The first-order valence-electron chi connectivity index (χ1n) is 6.17. The van der Waals surface area contributed by atoms with Crippen LogP contribution in [0.2, 0.25) is 0 Å². The van der Waals surface area contributed by atoms with Crippen molar-refractivity contribution < 1.29 is 0 Å². The van der Waals surface area contributed by atoms with Crippen LogP contribution in [0.3, 0.4) is 0 Å². The highest BCUT2D eigenvalue weighted by Gasteiger charge is 2.05. The maximum Gasteiger partial charge on any atom is 0.0484 e. The fourth-order valence-electron chi connectivity index (χ4n) is 2.03. The fraction of sp³-hybridized carbons (Fsp3) is 0.333. The molecule has 0 radical (unpaired) electrons. The summed E-state index contributed by atoms with van der Waals surface area (Å²) in [6.45, 7) is 8.34. The van der Waals surface area contributed by atoms with Gasteiger partial charge in [-0.15, -0.1) is 0 Å². The molecule has 1 aromatic heterocycles. The van der Waals surface area contributed by atoms with Gasteiger partial charge in [0.25, 0.3) is 0 Å². The minimum atomic E-state index is 0.914. The number of benzene rings is 1. The summed E-state index contributed by atoms with van der Waals surface area (Å²) in [5.41, 5.74) is 5.20. The Labute approximate surface area is 103 Å². The Balaban J connectivity index is 2.38. The van der Waals surface area contributed by atoms with E-state index in [1.54, 1.807) is 0 Å². The molecule has 1 heterocycles. The number of hydrogen-bond acceptors (Lipinski definition) is 1. The molecule has 0 bridgehead atoms. The third-order valence-corrected chi connectivity index (χ3v) is 3.01. The van der Waals surface area contributed by atoms with Crippen LogP contribution >= 0.6 is 0 Å². The molecule has 0 amide bonds. The highest BCUT2D eigenvalue weighted by molar-refractivity contribution is 5.44. The van der Waals surface area contributed by atoms with Crippen molar-refractivity contribution in [1.29, 1.82) is 0 Å². The first kappa shape index (κ1) is 11.9. The van der Waals surface area contributed by atoms with Crippen molar-refractivity contribution in [3.63, 3.8) is 0 Å². The van der Waals surface area contributed by atoms with E-state index in [4.69, 9.17) is 0 Å². The largest absolute Gasteiger partial charge is 0.319 e. The van der Waals surface area contributed by atoms with E-state index in [0.29, 0.717) is 0 Å². The van der Waals surface area contributed by atoms with Gasteiger partial charge in [0.1, 0.15) is 0 Å². The summed E-state index contributed by atoms with van der Waals surface area (Å²) in [6, 6.07) is 10.9. The van der Waals surface area contributed by atoms with Crippen LogP contribution in [-0.4, -0.2) is 11.1 Å². The van der Waals surface area contributed by atoms with Crippen LogP contribution in [-0.2, 0) is 6.54 Å². The van der Waals surface area contributed by atoms with Crippen molar-refractivity contribution in [2.45, 2.75) is 27.3 Å². The molecule has 0 aliphatic rings. The predicted octanol–water partition coefficient (Wildman–Crippen LogP) is 3.20. The molecule has 0 aliphatic heterocycles. The van der Waals surface area contributed by atoms with Gasteiger partial charge in [-0.3, -0.25) is 0 Å². The lowest BCUT2D eigenvalue weighted by Gasteiger charge is -2.13. The van der Waals surface area contributed by atoms with E-state index in [1.165, 1.54) is 22.5 Å². The van der Waals surface area contributed by atoms with Gasteiger partial charge in [-0.05, 0) is 49.7 Å². The second-order valence-electron chi connectivity index (χ2n) is 4.44. The predicted molar refractivity (Wildman–Crippen MR) is 72.6 cm³/mol. The second kappa shape index (κ2) is 5.19. The molecule has 0 saturated carbocycles. The Morgan fingerprint density at radius 1 is 1.18 bits per heavy atom. The van der Waals surface area contributed by atoms with Gasteiger partial charge in [-0.2, -0.15) is 0 Å². The average Bonchev–Trinajstić information content (AvgIpc) is 2.77. The first-order valence-corrected chi connectivity index (χ1v) is 6.17. The van der Waals surface area contributed by atoms with Gasteiger partial charge in [0.2, 0.25) is 0 Å². The summed E-state index contributed by atoms with van der Waals surface area (Å²) in [5, 5.41) is 3.37. The highest BCUT2D eigenvalue weighted by atomic mass is 15.0. The molecule has 0 spiro atoms. The minimum Gasteiger partial charge on any atom is -0.319 e. The topological polar surface area (TPSA) is 17.0 Å². The molecular weight excluding hydrogens is 208 g/mol. The quantitative estimate of drug-likeness (QED) is 0.850. The maximum atomic E-state index is 3.37. The summed E-state index contributed by atoms with van der Waals surface area (Å²) in [6.07, 6.45) is 2.13. The molecule has 2 aromatic rings. The fourth-order valence-corrected chi connectivity index (χ4v) is 2.03. The van der Waals surface area contributed by atoms with Gasteiger partial charge in [-0.25, -0.2) is 0 Å². The van der Waals surface area contributed by atoms with Crippen LogP contribution in [0.5, 0.6) is 0 Å². The molecule has 2 heteroatoms. The standard InChI is InChI=1S/C15H20N2/c1-4-16-11-14-6-5-9-17(14)15-10-12(2)7-8-13(15)3/h5-10,16H,4,11H2,1-3H3. The number of aryl methyl sites for hydroxylation is 2. The molecule has 0 fully saturated rings. The lowest BCUT2D eigenvalue weighted by atomic mass is 10.1. The van der Waals surface area contributed by atoms with Gasteiger partial charge in [0.15, 0.2) is 0 Å². The molecule has 90 valence electrons. The van der Waals surface area contributed by atoms with Crippen LogP contribution < -0.4 is 5.32 Å². The number of nitrogens with zero attached hydrogens (tertiary/aromatic N) is 1. The zero-order valence-corrected chi connectivity index (χ0v) is 10.8. The Bertz CT molecular complexity index is 497. The molecule has 1 aromatic carbocycles. The number of nitrogens with one attached hydrogen (secondary N) is 1. The lowest BCUT2D eigenvalue weighted by molar-refractivity contribution is 0.697. The van der Waals surface area contributed by atoms with Gasteiger partial charge < -0.3 is 9.88 Å².